The summed E-state index contributed by atoms with van der Waals surface area (Å²) in [5, 5.41) is 0. The van der Waals surface area contributed by atoms with Crippen molar-refractivity contribution in [3.8, 4) is 5.75 Å². The first-order valence-corrected chi connectivity index (χ1v) is 6.26. The van der Waals surface area contributed by atoms with Crippen LogP contribution in [0.2, 0.25) is 0 Å². The Balaban J connectivity index is 2.08. The van der Waals surface area contributed by atoms with Crippen molar-refractivity contribution in [3.63, 3.8) is 0 Å². The van der Waals surface area contributed by atoms with Gasteiger partial charge in [0.05, 0.1) is 0 Å². The second-order valence-electron chi connectivity index (χ2n) is 4.36. The molecule has 0 aliphatic heterocycles. The van der Waals surface area contributed by atoms with Crippen molar-refractivity contribution in [1.29, 1.82) is 0 Å². The van der Waals surface area contributed by atoms with Gasteiger partial charge >= 0.3 is 0 Å². The summed E-state index contributed by atoms with van der Waals surface area (Å²) in [6.45, 7) is 3.35. The molecule has 2 aromatic carbocycles. The van der Waals surface area contributed by atoms with E-state index in [1.807, 2.05) is 30.3 Å². The Morgan fingerprint density at radius 2 is 1.61 bits per heavy atom. The van der Waals surface area contributed by atoms with Crippen LogP contribution in [0.4, 0.5) is 0 Å². The summed E-state index contributed by atoms with van der Waals surface area (Å²) in [5.74, 6) is 0.936. The maximum absolute atomic E-state index is 5.90. The molecule has 2 rings (SSSR count). The molecule has 0 fully saturated rings. The fraction of sp³-hybridized carbons (Fsp3) is 0.250. The highest BCUT2D eigenvalue weighted by Crippen LogP contribution is 2.20. The van der Waals surface area contributed by atoms with Crippen LogP contribution in [0.5, 0.6) is 5.75 Å². The van der Waals surface area contributed by atoms with Crippen LogP contribution in [-0.4, -0.2) is 6.54 Å². The highest BCUT2D eigenvalue weighted by atomic mass is 16.5. The largest absolute Gasteiger partial charge is 0.489 e. The van der Waals surface area contributed by atoms with E-state index in [-0.39, 0.29) is 0 Å². The molecular formula is C16H19NO. The summed E-state index contributed by atoms with van der Waals surface area (Å²) in [6.07, 6.45) is 0.851. The molecule has 0 spiro atoms. The van der Waals surface area contributed by atoms with E-state index in [4.69, 9.17) is 10.5 Å². The zero-order valence-corrected chi connectivity index (χ0v) is 10.7. The van der Waals surface area contributed by atoms with Gasteiger partial charge < -0.3 is 10.5 Å². The van der Waals surface area contributed by atoms with Crippen molar-refractivity contribution in [1.82, 2.24) is 0 Å². The molecule has 0 aromatic heterocycles. The number of hydrogen-bond donors (Lipinski definition) is 1. The molecular weight excluding hydrogens is 222 g/mol. The van der Waals surface area contributed by atoms with Gasteiger partial charge in [-0.05, 0) is 42.6 Å². The van der Waals surface area contributed by atoms with Crippen LogP contribution < -0.4 is 10.5 Å². The first kappa shape index (κ1) is 12.7. The van der Waals surface area contributed by atoms with E-state index in [0.717, 1.165) is 12.2 Å². The van der Waals surface area contributed by atoms with Gasteiger partial charge in [-0.25, -0.2) is 0 Å². The van der Waals surface area contributed by atoms with Crippen LogP contribution in [0.1, 0.15) is 16.7 Å². The van der Waals surface area contributed by atoms with Gasteiger partial charge in [-0.1, -0.05) is 42.5 Å². The van der Waals surface area contributed by atoms with Crippen LogP contribution in [0.15, 0.2) is 48.5 Å². The van der Waals surface area contributed by atoms with Crippen molar-refractivity contribution in [2.24, 2.45) is 5.73 Å². The molecule has 2 heteroatoms. The lowest BCUT2D eigenvalue weighted by molar-refractivity contribution is 0.302. The number of ether oxygens (including phenoxy) is 1. The standard InChI is InChI=1S/C16H19NO/c1-13-6-2-3-8-15(13)12-18-16-9-5-4-7-14(16)10-11-17/h2-9H,10-12,17H2,1H3. The quantitative estimate of drug-likeness (QED) is 0.873. The van der Waals surface area contributed by atoms with Gasteiger partial charge in [0.15, 0.2) is 0 Å². The molecule has 0 saturated carbocycles. The van der Waals surface area contributed by atoms with Gasteiger partial charge in [0.1, 0.15) is 12.4 Å². The first-order chi connectivity index (χ1) is 8.81. The van der Waals surface area contributed by atoms with Crippen LogP contribution in [-0.2, 0) is 13.0 Å². The minimum Gasteiger partial charge on any atom is -0.489 e. The van der Waals surface area contributed by atoms with E-state index in [1.54, 1.807) is 0 Å². The van der Waals surface area contributed by atoms with Crippen molar-refractivity contribution in [2.45, 2.75) is 20.0 Å². The first-order valence-electron chi connectivity index (χ1n) is 6.26. The lowest BCUT2D eigenvalue weighted by Gasteiger charge is -2.12. The number of hydrogen-bond acceptors (Lipinski definition) is 2. The van der Waals surface area contributed by atoms with Gasteiger partial charge in [0.25, 0.3) is 0 Å². The maximum atomic E-state index is 5.90. The molecule has 2 nitrogen and oxygen atoms in total. The van der Waals surface area contributed by atoms with Gasteiger partial charge in [-0.15, -0.1) is 0 Å². The Bertz CT molecular complexity index is 508. The smallest absolute Gasteiger partial charge is 0.123 e. The second kappa shape index (κ2) is 6.22. The van der Waals surface area contributed by atoms with E-state index >= 15 is 0 Å². The maximum Gasteiger partial charge on any atom is 0.123 e. The van der Waals surface area contributed by atoms with E-state index in [2.05, 4.69) is 25.1 Å². The molecule has 2 N–H and O–H groups in total. The minimum atomic E-state index is 0.605. The van der Waals surface area contributed by atoms with Crippen molar-refractivity contribution in [3.05, 3.63) is 65.2 Å². The third-order valence-corrected chi connectivity index (χ3v) is 3.03. The SMILES string of the molecule is Cc1ccccc1COc1ccccc1CCN. The number of aryl methyl sites for hydroxylation is 1. The molecule has 18 heavy (non-hydrogen) atoms. The molecule has 0 heterocycles. The summed E-state index contributed by atoms with van der Waals surface area (Å²) < 4.78 is 5.90. The third kappa shape index (κ3) is 3.11. The minimum absolute atomic E-state index is 0.605. The molecule has 0 radical (unpaired) electrons. The van der Waals surface area contributed by atoms with Crippen LogP contribution >= 0.6 is 0 Å². The van der Waals surface area contributed by atoms with Crippen molar-refractivity contribution in [2.75, 3.05) is 6.54 Å². The van der Waals surface area contributed by atoms with Crippen LogP contribution in [0.25, 0.3) is 0 Å². The highest BCUT2D eigenvalue weighted by Gasteiger charge is 2.03. The zero-order valence-electron chi connectivity index (χ0n) is 10.7. The van der Waals surface area contributed by atoms with E-state index in [0.29, 0.717) is 13.2 Å². The second-order valence-corrected chi connectivity index (χ2v) is 4.36. The Morgan fingerprint density at radius 3 is 2.33 bits per heavy atom. The number of benzene rings is 2. The molecule has 2 aromatic rings. The molecule has 0 atom stereocenters. The van der Waals surface area contributed by atoms with Crippen molar-refractivity contribution >= 4 is 0 Å². The van der Waals surface area contributed by atoms with E-state index in [9.17, 15) is 0 Å². The average molecular weight is 241 g/mol. The highest BCUT2D eigenvalue weighted by molar-refractivity contribution is 5.34. The number of nitrogens with two attached hydrogens (primary N) is 1. The molecule has 0 aliphatic rings. The average Bonchev–Trinajstić information content (AvgIpc) is 2.40. The van der Waals surface area contributed by atoms with E-state index < -0.39 is 0 Å². The predicted molar refractivity (Wildman–Crippen MR) is 74.7 cm³/mol. The number of para-hydroxylation sites is 1. The lowest BCUT2D eigenvalue weighted by atomic mass is 10.1. The Hall–Kier alpha value is -1.80. The summed E-state index contributed by atoms with van der Waals surface area (Å²) in [7, 11) is 0. The lowest BCUT2D eigenvalue weighted by Crippen LogP contribution is -2.05. The summed E-state index contributed by atoms with van der Waals surface area (Å²) in [6, 6.07) is 16.4. The Morgan fingerprint density at radius 1 is 0.944 bits per heavy atom. The monoisotopic (exact) mass is 241 g/mol. The molecule has 0 amide bonds. The van der Waals surface area contributed by atoms with Crippen molar-refractivity contribution < 1.29 is 4.74 Å². The topological polar surface area (TPSA) is 35.2 Å². The predicted octanol–water partition coefficient (Wildman–Crippen LogP) is 3.08. The molecule has 0 saturated heterocycles. The normalized spacial score (nSPS) is 10.3. The Labute approximate surface area is 108 Å². The van der Waals surface area contributed by atoms with Gasteiger partial charge in [-0.3, -0.25) is 0 Å². The van der Waals surface area contributed by atoms with E-state index in [1.165, 1.54) is 16.7 Å². The fourth-order valence-electron chi connectivity index (χ4n) is 1.93. The van der Waals surface area contributed by atoms with Gasteiger partial charge in [-0.2, -0.15) is 0 Å². The molecule has 0 unspecified atom stereocenters. The van der Waals surface area contributed by atoms with Crippen LogP contribution in [0, 0.1) is 6.92 Å². The zero-order chi connectivity index (χ0) is 12.8. The Kier molecular flexibility index (Phi) is 4.37. The fourth-order valence-corrected chi connectivity index (χ4v) is 1.93. The molecule has 94 valence electrons. The summed E-state index contributed by atoms with van der Waals surface area (Å²) >= 11 is 0. The van der Waals surface area contributed by atoms with Gasteiger partial charge in [0, 0.05) is 0 Å². The molecule has 0 bridgehead atoms. The number of rotatable bonds is 5. The summed E-state index contributed by atoms with van der Waals surface area (Å²) in [4.78, 5) is 0. The van der Waals surface area contributed by atoms with Crippen LogP contribution in [0.3, 0.4) is 0 Å². The van der Waals surface area contributed by atoms with Gasteiger partial charge in [0.2, 0.25) is 0 Å². The molecule has 0 aliphatic carbocycles. The third-order valence-electron chi connectivity index (χ3n) is 3.03. The summed E-state index contributed by atoms with van der Waals surface area (Å²) in [5.41, 5.74) is 9.26.